The highest BCUT2D eigenvalue weighted by Gasteiger charge is 2.74. The van der Waals surface area contributed by atoms with Crippen LogP contribution in [-0.4, -0.2) is 78.4 Å². The van der Waals surface area contributed by atoms with E-state index in [1.807, 2.05) is 24.3 Å². The molecule has 4 aliphatic rings. The number of hydrogen-bond donors (Lipinski definition) is 1. The summed E-state index contributed by atoms with van der Waals surface area (Å²) in [7, 11) is 1.58. The van der Waals surface area contributed by atoms with E-state index in [4.69, 9.17) is 14.2 Å². The second-order valence-electron chi connectivity index (χ2n) is 9.87. The van der Waals surface area contributed by atoms with Crippen molar-refractivity contribution >= 4 is 23.5 Å². The highest BCUT2D eigenvalue weighted by atomic mass is 16.6. The SMILES string of the molecule is COc1ccc(N2CC=C[C@]34O[C@@]5(C)C=CCCOC(=O)[C@H]5[C@H]3C(=O)N(CCCCO)C4C2=O)cc1. The molecule has 9 nitrogen and oxygen atoms in total. The predicted molar refractivity (Wildman–Crippen MR) is 130 cm³/mol. The zero-order chi connectivity index (χ0) is 25.5. The molecule has 1 unspecified atom stereocenters. The normalized spacial score (nSPS) is 33.4. The average Bonchev–Trinajstić information content (AvgIpc) is 3.18. The smallest absolute Gasteiger partial charge is 0.313 e. The van der Waals surface area contributed by atoms with E-state index >= 15 is 0 Å². The van der Waals surface area contributed by atoms with Crippen molar-refractivity contribution in [2.24, 2.45) is 11.8 Å². The number of amides is 2. The van der Waals surface area contributed by atoms with Crippen LogP contribution in [0.25, 0.3) is 0 Å². The van der Waals surface area contributed by atoms with Crippen molar-refractivity contribution in [3.8, 4) is 5.75 Å². The van der Waals surface area contributed by atoms with Crippen molar-refractivity contribution in [1.82, 2.24) is 4.90 Å². The van der Waals surface area contributed by atoms with Crippen LogP contribution in [0.15, 0.2) is 48.6 Å². The second-order valence-corrected chi connectivity index (χ2v) is 9.87. The number of ether oxygens (including phenoxy) is 3. The van der Waals surface area contributed by atoms with E-state index in [0.29, 0.717) is 37.2 Å². The number of nitrogens with zero attached hydrogens (tertiary/aromatic N) is 2. The Bertz CT molecular complexity index is 1100. The number of rotatable bonds is 6. The fourth-order valence-electron chi connectivity index (χ4n) is 6.12. The predicted octanol–water partition coefficient (Wildman–Crippen LogP) is 1.84. The van der Waals surface area contributed by atoms with Gasteiger partial charge in [-0.2, -0.15) is 0 Å². The first-order chi connectivity index (χ1) is 17.4. The summed E-state index contributed by atoms with van der Waals surface area (Å²) in [5.74, 6) is -2.16. The minimum Gasteiger partial charge on any atom is -0.497 e. The van der Waals surface area contributed by atoms with E-state index < -0.39 is 35.0 Å². The molecule has 5 rings (SSSR count). The lowest BCUT2D eigenvalue weighted by Gasteiger charge is -2.37. The van der Waals surface area contributed by atoms with Gasteiger partial charge < -0.3 is 29.1 Å². The summed E-state index contributed by atoms with van der Waals surface area (Å²) in [5, 5.41) is 9.32. The van der Waals surface area contributed by atoms with E-state index in [-0.39, 0.29) is 31.6 Å². The molecule has 9 heteroatoms. The molecule has 0 aromatic heterocycles. The molecular formula is C27H32N2O7. The molecule has 0 aliphatic carbocycles. The number of methoxy groups -OCH3 is 1. The molecule has 1 N–H and O–H groups in total. The number of anilines is 1. The zero-order valence-corrected chi connectivity index (χ0v) is 20.6. The van der Waals surface area contributed by atoms with Crippen LogP contribution < -0.4 is 9.64 Å². The molecule has 2 amide bonds. The quantitative estimate of drug-likeness (QED) is 0.364. The first-order valence-electron chi connectivity index (χ1n) is 12.5. The van der Waals surface area contributed by atoms with Crippen LogP contribution in [0.2, 0.25) is 0 Å². The molecule has 1 aromatic carbocycles. The van der Waals surface area contributed by atoms with Crippen LogP contribution in [0.4, 0.5) is 5.69 Å². The topological polar surface area (TPSA) is 106 Å². The van der Waals surface area contributed by atoms with Gasteiger partial charge in [-0.3, -0.25) is 14.4 Å². The number of esters is 1. The molecule has 5 atom stereocenters. The van der Waals surface area contributed by atoms with Crippen LogP contribution in [-0.2, 0) is 23.9 Å². The number of aliphatic hydroxyl groups is 1. The van der Waals surface area contributed by atoms with Crippen molar-refractivity contribution < 1.29 is 33.7 Å². The van der Waals surface area contributed by atoms with Gasteiger partial charge in [-0.05, 0) is 50.5 Å². The Labute approximate surface area is 210 Å². The third-order valence-corrected chi connectivity index (χ3v) is 7.71. The summed E-state index contributed by atoms with van der Waals surface area (Å²) in [4.78, 5) is 44.6. The fourth-order valence-corrected chi connectivity index (χ4v) is 6.12. The van der Waals surface area contributed by atoms with Gasteiger partial charge in [0.05, 0.1) is 25.2 Å². The van der Waals surface area contributed by atoms with Crippen molar-refractivity contribution in [3.63, 3.8) is 0 Å². The van der Waals surface area contributed by atoms with Crippen LogP contribution in [0.5, 0.6) is 5.75 Å². The second kappa shape index (κ2) is 9.37. The number of carbonyl (C=O) groups excluding carboxylic acids is 3. The first-order valence-corrected chi connectivity index (χ1v) is 12.5. The van der Waals surface area contributed by atoms with E-state index in [2.05, 4.69) is 0 Å². The third kappa shape index (κ3) is 3.72. The number of likely N-dealkylation sites (tertiary alicyclic amines) is 1. The van der Waals surface area contributed by atoms with Gasteiger partial charge in [0, 0.05) is 25.4 Å². The Morgan fingerprint density at radius 2 is 1.83 bits per heavy atom. The van der Waals surface area contributed by atoms with E-state index in [1.165, 1.54) is 0 Å². The highest BCUT2D eigenvalue weighted by molar-refractivity contribution is 6.05. The molecule has 1 aromatic rings. The van der Waals surface area contributed by atoms with Gasteiger partial charge in [0.2, 0.25) is 5.91 Å². The van der Waals surface area contributed by atoms with E-state index in [9.17, 15) is 19.5 Å². The van der Waals surface area contributed by atoms with Gasteiger partial charge in [-0.15, -0.1) is 0 Å². The fraction of sp³-hybridized carbons (Fsp3) is 0.519. The molecule has 0 bridgehead atoms. The van der Waals surface area contributed by atoms with Crippen molar-refractivity contribution in [2.45, 2.75) is 43.4 Å². The lowest BCUT2D eigenvalue weighted by atomic mass is 9.74. The zero-order valence-electron chi connectivity index (χ0n) is 20.6. The Balaban J connectivity index is 1.60. The number of carbonyl (C=O) groups is 3. The molecule has 0 radical (unpaired) electrons. The van der Waals surface area contributed by atoms with Crippen LogP contribution in [0, 0.1) is 11.8 Å². The first kappa shape index (κ1) is 24.5. The van der Waals surface area contributed by atoms with Crippen molar-refractivity contribution in [2.75, 3.05) is 38.3 Å². The standard InChI is InChI=1S/C27H32N2O7/c1-26-12-3-6-17-35-25(33)21(26)20-23(31)29(14-4-5-16-30)22-24(32)28(15-7-13-27(20,22)36-26)18-8-10-19(34-2)11-9-18/h3,7-13,20-22,30H,4-6,14-17H2,1-2H3/t20-,21+,22?,26-,27-/m0/s1. The summed E-state index contributed by atoms with van der Waals surface area (Å²) < 4.78 is 17.4. The molecule has 1 spiro atoms. The van der Waals surface area contributed by atoms with E-state index in [1.54, 1.807) is 48.1 Å². The molecule has 0 saturated carbocycles. The highest BCUT2D eigenvalue weighted by Crippen LogP contribution is 2.57. The maximum atomic E-state index is 14.2. The molecule has 4 heterocycles. The van der Waals surface area contributed by atoms with Gasteiger partial charge >= 0.3 is 5.97 Å². The van der Waals surface area contributed by atoms with Crippen LogP contribution in [0.1, 0.15) is 26.2 Å². The number of unbranched alkanes of at least 4 members (excludes halogenated alkanes) is 1. The van der Waals surface area contributed by atoms with Crippen molar-refractivity contribution in [3.05, 3.63) is 48.6 Å². The summed E-state index contributed by atoms with van der Waals surface area (Å²) in [5.41, 5.74) is -1.74. The maximum Gasteiger partial charge on any atom is 0.313 e. The molecule has 4 aliphatic heterocycles. The summed E-state index contributed by atoms with van der Waals surface area (Å²) in [6, 6.07) is 6.21. The number of benzene rings is 1. The molecule has 36 heavy (non-hydrogen) atoms. The molecule has 192 valence electrons. The van der Waals surface area contributed by atoms with Gasteiger partial charge in [-0.25, -0.2) is 0 Å². The largest absolute Gasteiger partial charge is 0.497 e. The van der Waals surface area contributed by atoms with Gasteiger partial charge in [0.15, 0.2) is 0 Å². The van der Waals surface area contributed by atoms with Gasteiger partial charge in [-0.1, -0.05) is 24.3 Å². The maximum absolute atomic E-state index is 14.2. The summed E-state index contributed by atoms with van der Waals surface area (Å²) in [6.45, 7) is 2.58. The Hall–Kier alpha value is -3.17. The molecular weight excluding hydrogens is 464 g/mol. The van der Waals surface area contributed by atoms with Crippen LogP contribution in [0.3, 0.4) is 0 Å². The average molecular weight is 497 g/mol. The minimum atomic E-state index is -1.32. The molecule has 2 fully saturated rings. The van der Waals surface area contributed by atoms with Crippen LogP contribution >= 0.6 is 0 Å². The molecule has 2 saturated heterocycles. The van der Waals surface area contributed by atoms with Gasteiger partial charge in [0.25, 0.3) is 5.91 Å². The Morgan fingerprint density at radius 1 is 1.06 bits per heavy atom. The van der Waals surface area contributed by atoms with Gasteiger partial charge in [0.1, 0.15) is 23.3 Å². The lowest BCUT2D eigenvalue weighted by Crippen LogP contribution is -2.56. The minimum absolute atomic E-state index is 0.0125. The Kier molecular flexibility index (Phi) is 6.38. The van der Waals surface area contributed by atoms with Crippen molar-refractivity contribution in [1.29, 1.82) is 0 Å². The number of fused-ring (bicyclic) bond motifs is 2. The van der Waals surface area contributed by atoms with E-state index in [0.717, 1.165) is 0 Å². The summed E-state index contributed by atoms with van der Waals surface area (Å²) in [6.07, 6.45) is 8.97. The summed E-state index contributed by atoms with van der Waals surface area (Å²) >= 11 is 0. The lowest BCUT2D eigenvalue weighted by molar-refractivity contribution is -0.159. The number of hydrogen-bond acceptors (Lipinski definition) is 7. The number of aliphatic hydroxyl groups excluding tert-OH is 1. The monoisotopic (exact) mass is 496 g/mol. The Morgan fingerprint density at radius 3 is 2.56 bits per heavy atom. The number of cyclic esters (lactones) is 1. The third-order valence-electron chi connectivity index (χ3n) is 7.71.